The molecule has 94 valence electrons. The van der Waals surface area contributed by atoms with Crippen molar-refractivity contribution < 1.29 is 9.53 Å². The van der Waals surface area contributed by atoms with Crippen molar-refractivity contribution in [1.29, 1.82) is 0 Å². The maximum atomic E-state index is 11.4. The average Bonchev–Trinajstić information content (AvgIpc) is 2.30. The van der Waals surface area contributed by atoms with E-state index in [0.29, 0.717) is 6.54 Å². The van der Waals surface area contributed by atoms with Crippen molar-refractivity contribution in [3.05, 3.63) is 0 Å². The third-order valence-electron chi connectivity index (χ3n) is 2.73. The van der Waals surface area contributed by atoms with Gasteiger partial charge in [-0.15, -0.1) is 0 Å². The topological polar surface area (TPSA) is 53.6 Å². The van der Waals surface area contributed by atoms with Crippen LogP contribution in [0, 0.1) is 0 Å². The van der Waals surface area contributed by atoms with E-state index in [2.05, 4.69) is 15.5 Å². The Morgan fingerprint density at radius 1 is 1.44 bits per heavy atom. The van der Waals surface area contributed by atoms with Crippen LogP contribution in [0.3, 0.4) is 0 Å². The molecule has 0 bridgehead atoms. The Labute approximate surface area is 97.5 Å². The minimum Gasteiger partial charge on any atom is -0.379 e. The molecule has 0 aromatic rings. The van der Waals surface area contributed by atoms with Gasteiger partial charge in [0.25, 0.3) is 0 Å². The van der Waals surface area contributed by atoms with Gasteiger partial charge < -0.3 is 15.4 Å². The number of rotatable bonds is 6. The first kappa shape index (κ1) is 13.4. The van der Waals surface area contributed by atoms with Crippen LogP contribution in [0.4, 0.5) is 0 Å². The molecule has 1 heterocycles. The molecule has 1 fully saturated rings. The first-order chi connectivity index (χ1) is 7.74. The minimum absolute atomic E-state index is 0.0736. The molecule has 16 heavy (non-hydrogen) atoms. The lowest BCUT2D eigenvalue weighted by atomic mass is 10.3. The van der Waals surface area contributed by atoms with Crippen LogP contribution >= 0.6 is 0 Å². The molecule has 5 nitrogen and oxygen atoms in total. The molecule has 0 aromatic heterocycles. The van der Waals surface area contributed by atoms with Gasteiger partial charge in [0.1, 0.15) is 0 Å². The molecule has 0 aliphatic carbocycles. The van der Waals surface area contributed by atoms with Gasteiger partial charge in [0.2, 0.25) is 5.91 Å². The van der Waals surface area contributed by atoms with Crippen molar-refractivity contribution in [2.75, 3.05) is 45.9 Å². The highest BCUT2D eigenvalue weighted by Gasteiger charge is 2.12. The number of ether oxygens (including phenoxy) is 1. The van der Waals surface area contributed by atoms with Crippen molar-refractivity contribution in [2.24, 2.45) is 0 Å². The molecule has 0 saturated carbocycles. The fourth-order valence-electron chi connectivity index (χ4n) is 1.68. The summed E-state index contributed by atoms with van der Waals surface area (Å²) in [4.78, 5) is 13.8. The maximum absolute atomic E-state index is 11.4. The predicted molar refractivity (Wildman–Crippen MR) is 63.4 cm³/mol. The molecule has 1 atom stereocenters. The highest BCUT2D eigenvalue weighted by Crippen LogP contribution is 1.95. The summed E-state index contributed by atoms with van der Waals surface area (Å²) in [5.74, 6) is 0.0736. The summed E-state index contributed by atoms with van der Waals surface area (Å²) >= 11 is 0. The lowest BCUT2D eigenvalue weighted by molar-refractivity contribution is -0.122. The Bertz CT molecular complexity index is 205. The van der Waals surface area contributed by atoms with Gasteiger partial charge in [-0.2, -0.15) is 0 Å². The lowest BCUT2D eigenvalue weighted by Crippen LogP contribution is -2.46. The fourth-order valence-corrected chi connectivity index (χ4v) is 1.68. The molecular formula is C11H23N3O2. The number of nitrogens with zero attached hydrogens (tertiary/aromatic N) is 1. The van der Waals surface area contributed by atoms with Gasteiger partial charge in [0.05, 0.1) is 19.3 Å². The second kappa shape index (κ2) is 7.60. The van der Waals surface area contributed by atoms with Gasteiger partial charge in [0, 0.05) is 32.7 Å². The Hall–Kier alpha value is -0.650. The summed E-state index contributed by atoms with van der Waals surface area (Å²) < 4.78 is 5.27. The largest absolute Gasteiger partial charge is 0.379 e. The standard InChI is InChI=1S/C11H23N3O2/c1-3-12-11(15)10(2)13-4-5-14-6-8-16-9-7-14/h10,13H,3-9H2,1-2H3,(H,12,15). The molecule has 1 amide bonds. The molecule has 2 N–H and O–H groups in total. The zero-order valence-electron chi connectivity index (χ0n) is 10.3. The SMILES string of the molecule is CCNC(=O)C(C)NCCN1CCOCC1. The van der Waals surface area contributed by atoms with Crippen molar-refractivity contribution in [2.45, 2.75) is 19.9 Å². The normalized spacial score (nSPS) is 19.4. The molecule has 1 rings (SSSR count). The summed E-state index contributed by atoms with van der Waals surface area (Å²) in [7, 11) is 0. The third-order valence-corrected chi connectivity index (χ3v) is 2.73. The highest BCUT2D eigenvalue weighted by molar-refractivity contribution is 5.81. The lowest BCUT2D eigenvalue weighted by Gasteiger charge is -2.27. The van der Waals surface area contributed by atoms with Crippen molar-refractivity contribution in [3.63, 3.8) is 0 Å². The van der Waals surface area contributed by atoms with Gasteiger partial charge in [0.15, 0.2) is 0 Å². The second-order valence-corrected chi connectivity index (χ2v) is 4.02. The third kappa shape index (κ3) is 4.92. The Morgan fingerprint density at radius 3 is 2.75 bits per heavy atom. The van der Waals surface area contributed by atoms with Crippen LogP contribution < -0.4 is 10.6 Å². The molecule has 1 saturated heterocycles. The van der Waals surface area contributed by atoms with Crippen LogP contribution in [0.25, 0.3) is 0 Å². The average molecular weight is 229 g/mol. The maximum Gasteiger partial charge on any atom is 0.236 e. The summed E-state index contributed by atoms with van der Waals surface area (Å²) in [6, 6.07) is -0.110. The summed E-state index contributed by atoms with van der Waals surface area (Å²) in [6.07, 6.45) is 0. The molecule has 0 spiro atoms. The van der Waals surface area contributed by atoms with Crippen LogP contribution in [0.15, 0.2) is 0 Å². The van der Waals surface area contributed by atoms with E-state index >= 15 is 0 Å². The molecule has 1 unspecified atom stereocenters. The molecule has 1 aliphatic rings. The second-order valence-electron chi connectivity index (χ2n) is 4.02. The Kier molecular flexibility index (Phi) is 6.37. The van der Waals surface area contributed by atoms with Gasteiger partial charge in [-0.3, -0.25) is 9.69 Å². The monoisotopic (exact) mass is 229 g/mol. The zero-order chi connectivity index (χ0) is 11.8. The van der Waals surface area contributed by atoms with Crippen LogP contribution in [0.5, 0.6) is 0 Å². The number of hydrogen-bond donors (Lipinski definition) is 2. The van der Waals surface area contributed by atoms with E-state index < -0.39 is 0 Å². The Balaban J connectivity index is 2.07. The fraction of sp³-hybridized carbons (Fsp3) is 0.909. The van der Waals surface area contributed by atoms with Crippen LogP contribution in [0.1, 0.15) is 13.8 Å². The molecule has 1 aliphatic heterocycles. The smallest absolute Gasteiger partial charge is 0.236 e. The number of nitrogens with one attached hydrogen (secondary N) is 2. The number of carbonyl (C=O) groups excluding carboxylic acids is 1. The number of amides is 1. The van der Waals surface area contributed by atoms with Crippen LogP contribution in [0.2, 0.25) is 0 Å². The molecule has 5 heteroatoms. The van der Waals surface area contributed by atoms with Gasteiger partial charge in [-0.05, 0) is 13.8 Å². The number of carbonyl (C=O) groups is 1. The van der Waals surface area contributed by atoms with E-state index in [1.54, 1.807) is 0 Å². The molecular weight excluding hydrogens is 206 g/mol. The van der Waals surface area contributed by atoms with Crippen molar-refractivity contribution in [3.8, 4) is 0 Å². The van der Waals surface area contributed by atoms with Crippen LogP contribution in [-0.2, 0) is 9.53 Å². The van der Waals surface area contributed by atoms with Gasteiger partial charge >= 0.3 is 0 Å². The number of morpholine rings is 1. The Morgan fingerprint density at radius 2 is 2.12 bits per heavy atom. The minimum atomic E-state index is -0.110. The van der Waals surface area contributed by atoms with E-state index in [4.69, 9.17) is 4.74 Å². The van der Waals surface area contributed by atoms with E-state index in [1.807, 2.05) is 13.8 Å². The van der Waals surface area contributed by atoms with Gasteiger partial charge in [-0.25, -0.2) is 0 Å². The summed E-state index contributed by atoms with van der Waals surface area (Å²) in [5.41, 5.74) is 0. The quantitative estimate of drug-likeness (QED) is 0.640. The molecule has 0 aromatic carbocycles. The highest BCUT2D eigenvalue weighted by atomic mass is 16.5. The summed E-state index contributed by atoms with van der Waals surface area (Å²) in [5, 5.41) is 6.02. The zero-order valence-corrected chi connectivity index (χ0v) is 10.3. The van der Waals surface area contributed by atoms with E-state index in [-0.39, 0.29) is 11.9 Å². The van der Waals surface area contributed by atoms with E-state index in [9.17, 15) is 4.79 Å². The predicted octanol–water partition coefficient (Wildman–Crippen LogP) is -0.567. The number of likely N-dealkylation sites (N-methyl/N-ethyl adjacent to an activating group) is 1. The van der Waals surface area contributed by atoms with E-state index in [0.717, 1.165) is 39.4 Å². The van der Waals surface area contributed by atoms with E-state index in [1.165, 1.54) is 0 Å². The van der Waals surface area contributed by atoms with Crippen molar-refractivity contribution in [1.82, 2.24) is 15.5 Å². The van der Waals surface area contributed by atoms with Gasteiger partial charge in [-0.1, -0.05) is 0 Å². The van der Waals surface area contributed by atoms with Crippen molar-refractivity contribution >= 4 is 5.91 Å². The van der Waals surface area contributed by atoms with Crippen LogP contribution in [-0.4, -0.2) is 62.8 Å². The first-order valence-electron chi connectivity index (χ1n) is 6.05. The molecule has 0 radical (unpaired) electrons. The first-order valence-corrected chi connectivity index (χ1v) is 6.05. The summed E-state index contributed by atoms with van der Waals surface area (Å²) in [6.45, 7) is 9.98. The number of hydrogen-bond acceptors (Lipinski definition) is 4.